The Labute approximate surface area is 210 Å². The minimum Gasteiger partial charge on any atom is -0.382 e. The van der Waals surface area contributed by atoms with Crippen LogP contribution in [0.2, 0.25) is 0 Å². The van der Waals surface area contributed by atoms with Crippen LogP contribution in [0.4, 0.5) is 17.5 Å². The van der Waals surface area contributed by atoms with Crippen molar-refractivity contribution in [3.8, 4) is 11.1 Å². The molecule has 1 saturated heterocycles. The first kappa shape index (κ1) is 23.6. The Bertz CT molecular complexity index is 1380. The topological polar surface area (TPSA) is 99.2 Å². The molecule has 0 saturated carbocycles. The maximum atomic E-state index is 13.0. The second kappa shape index (κ2) is 10.2. The van der Waals surface area contributed by atoms with Gasteiger partial charge in [-0.3, -0.25) is 15.1 Å². The molecule has 184 valence electrons. The van der Waals surface area contributed by atoms with Gasteiger partial charge in [-0.05, 0) is 50.7 Å². The molecule has 4 aromatic rings. The normalized spacial score (nSPS) is 14.3. The Balaban J connectivity index is 1.35. The Hall–Kier alpha value is -4.11. The predicted molar refractivity (Wildman–Crippen MR) is 143 cm³/mol. The predicted octanol–water partition coefficient (Wildman–Crippen LogP) is 3.91. The number of nitrogens with zero attached hydrogens (tertiary/aromatic N) is 6. The minimum absolute atomic E-state index is 0.260. The SMILES string of the molecule is CC(C)Nc1cncc(-c2ccc3cnc(NC(=O)c4ccnc(N5CCN(C)CC5)c4)nc3c2)c1. The number of carbonyl (C=O) groups excluding carboxylic acids is 1. The number of fused-ring (bicyclic) bond motifs is 1. The number of aromatic nitrogens is 4. The smallest absolute Gasteiger partial charge is 0.258 e. The van der Waals surface area contributed by atoms with E-state index in [0.29, 0.717) is 11.6 Å². The van der Waals surface area contributed by atoms with E-state index in [9.17, 15) is 4.79 Å². The van der Waals surface area contributed by atoms with E-state index < -0.39 is 0 Å². The molecular formula is C27H30N8O. The van der Waals surface area contributed by atoms with Crippen molar-refractivity contribution in [2.75, 3.05) is 48.8 Å². The lowest BCUT2D eigenvalue weighted by Gasteiger charge is -2.33. The van der Waals surface area contributed by atoms with Crippen molar-refractivity contribution in [1.82, 2.24) is 24.8 Å². The molecule has 3 aromatic heterocycles. The van der Waals surface area contributed by atoms with E-state index in [-0.39, 0.29) is 11.9 Å². The van der Waals surface area contributed by atoms with E-state index >= 15 is 0 Å². The Kier molecular flexibility index (Phi) is 6.73. The zero-order valence-corrected chi connectivity index (χ0v) is 20.8. The van der Waals surface area contributed by atoms with Gasteiger partial charge in [0.1, 0.15) is 5.82 Å². The summed E-state index contributed by atoms with van der Waals surface area (Å²) in [7, 11) is 2.11. The number of nitrogens with one attached hydrogen (secondary N) is 2. The van der Waals surface area contributed by atoms with E-state index in [1.165, 1.54) is 0 Å². The number of benzene rings is 1. The molecule has 0 radical (unpaired) electrons. The van der Waals surface area contributed by atoms with Gasteiger partial charge in [0.05, 0.1) is 11.2 Å². The molecule has 1 fully saturated rings. The quantitative estimate of drug-likeness (QED) is 0.427. The molecule has 1 aliphatic heterocycles. The van der Waals surface area contributed by atoms with Crippen molar-refractivity contribution in [3.63, 3.8) is 0 Å². The molecule has 4 heterocycles. The number of hydrogen-bond donors (Lipinski definition) is 2. The summed E-state index contributed by atoms with van der Waals surface area (Å²) in [4.78, 5) is 35.3. The molecular weight excluding hydrogens is 452 g/mol. The van der Waals surface area contributed by atoms with Crippen molar-refractivity contribution < 1.29 is 4.79 Å². The largest absolute Gasteiger partial charge is 0.382 e. The van der Waals surface area contributed by atoms with Crippen LogP contribution in [-0.4, -0.2) is 70.0 Å². The molecule has 0 unspecified atom stereocenters. The lowest BCUT2D eigenvalue weighted by atomic mass is 10.1. The van der Waals surface area contributed by atoms with Gasteiger partial charge in [0, 0.05) is 73.5 Å². The number of pyridine rings is 2. The highest BCUT2D eigenvalue weighted by Gasteiger charge is 2.17. The molecule has 5 rings (SSSR count). The lowest BCUT2D eigenvalue weighted by molar-refractivity contribution is 0.102. The second-order valence-corrected chi connectivity index (χ2v) is 9.38. The number of likely N-dealkylation sites (N-methyl/N-ethyl adjacent to an activating group) is 1. The first-order valence-corrected chi connectivity index (χ1v) is 12.1. The molecule has 0 atom stereocenters. The fourth-order valence-electron chi connectivity index (χ4n) is 4.22. The highest BCUT2D eigenvalue weighted by molar-refractivity contribution is 6.04. The fourth-order valence-corrected chi connectivity index (χ4v) is 4.22. The van der Waals surface area contributed by atoms with E-state index in [0.717, 1.165) is 59.7 Å². The van der Waals surface area contributed by atoms with E-state index in [1.807, 2.05) is 36.7 Å². The average molecular weight is 483 g/mol. The van der Waals surface area contributed by atoms with E-state index in [2.05, 4.69) is 67.3 Å². The summed E-state index contributed by atoms with van der Waals surface area (Å²) in [6.07, 6.45) is 7.04. The Morgan fingerprint density at radius 2 is 1.78 bits per heavy atom. The van der Waals surface area contributed by atoms with Crippen LogP contribution in [0.3, 0.4) is 0 Å². The third kappa shape index (κ3) is 5.41. The number of hydrogen-bond acceptors (Lipinski definition) is 8. The first-order chi connectivity index (χ1) is 17.4. The molecule has 1 amide bonds. The minimum atomic E-state index is -0.264. The summed E-state index contributed by atoms with van der Waals surface area (Å²) in [6, 6.07) is 11.9. The number of anilines is 3. The number of rotatable bonds is 6. The number of piperazine rings is 1. The van der Waals surface area contributed by atoms with Crippen LogP contribution in [0.15, 0.2) is 61.2 Å². The molecule has 0 spiro atoms. The monoisotopic (exact) mass is 482 g/mol. The zero-order chi connectivity index (χ0) is 25.1. The van der Waals surface area contributed by atoms with Gasteiger partial charge in [0.2, 0.25) is 5.95 Å². The van der Waals surface area contributed by atoms with Crippen molar-refractivity contribution in [2.24, 2.45) is 0 Å². The number of amides is 1. The van der Waals surface area contributed by atoms with Gasteiger partial charge < -0.3 is 15.1 Å². The number of carbonyl (C=O) groups is 1. The van der Waals surface area contributed by atoms with Gasteiger partial charge in [0.15, 0.2) is 0 Å². The summed E-state index contributed by atoms with van der Waals surface area (Å²) in [6.45, 7) is 7.90. The highest BCUT2D eigenvalue weighted by Crippen LogP contribution is 2.25. The third-order valence-electron chi connectivity index (χ3n) is 6.17. The molecule has 9 heteroatoms. The van der Waals surface area contributed by atoms with E-state index in [4.69, 9.17) is 0 Å². The van der Waals surface area contributed by atoms with Gasteiger partial charge in [-0.15, -0.1) is 0 Å². The van der Waals surface area contributed by atoms with Crippen LogP contribution < -0.4 is 15.5 Å². The molecule has 1 aromatic carbocycles. The summed E-state index contributed by atoms with van der Waals surface area (Å²) < 4.78 is 0. The third-order valence-corrected chi connectivity index (χ3v) is 6.17. The van der Waals surface area contributed by atoms with Crippen LogP contribution in [0, 0.1) is 0 Å². The van der Waals surface area contributed by atoms with Gasteiger partial charge in [-0.2, -0.15) is 0 Å². The molecule has 9 nitrogen and oxygen atoms in total. The standard InChI is InChI=1S/C27H30N8O/c1-18(2)31-23-12-22(15-28-17-23)19-4-5-21-16-30-27(32-24(21)13-19)33-26(36)20-6-7-29-25(14-20)35-10-8-34(3)9-11-35/h4-7,12-18,31H,8-11H2,1-3H3,(H,30,32,33,36). The average Bonchev–Trinajstić information content (AvgIpc) is 2.88. The molecule has 0 bridgehead atoms. The molecule has 36 heavy (non-hydrogen) atoms. The fraction of sp³-hybridized carbons (Fsp3) is 0.296. The van der Waals surface area contributed by atoms with Crippen molar-refractivity contribution in [2.45, 2.75) is 19.9 Å². The van der Waals surface area contributed by atoms with E-state index in [1.54, 1.807) is 18.5 Å². The van der Waals surface area contributed by atoms with Gasteiger partial charge in [-0.25, -0.2) is 15.0 Å². The van der Waals surface area contributed by atoms with Crippen LogP contribution in [-0.2, 0) is 0 Å². The van der Waals surface area contributed by atoms with Crippen molar-refractivity contribution in [1.29, 1.82) is 0 Å². The molecule has 2 N–H and O–H groups in total. The van der Waals surface area contributed by atoms with Crippen LogP contribution in [0.5, 0.6) is 0 Å². The summed E-state index contributed by atoms with van der Waals surface area (Å²) in [5.41, 5.74) is 4.21. The Morgan fingerprint density at radius 3 is 2.58 bits per heavy atom. The van der Waals surface area contributed by atoms with Crippen molar-refractivity contribution in [3.05, 3.63) is 66.7 Å². The van der Waals surface area contributed by atoms with Gasteiger partial charge in [0.25, 0.3) is 5.91 Å². The summed E-state index contributed by atoms with van der Waals surface area (Å²) >= 11 is 0. The Morgan fingerprint density at radius 1 is 0.944 bits per heavy atom. The van der Waals surface area contributed by atoms with Gasteiger partial charge >= 0.3 is 0 Å². The molecule has 0 aliphatic carbocycles. The summed E-state index contributed by atoms with van der Waals surface area (Å²) in [5.74, 6) is 0.804. The van der Waals surface area contributed by atoms with Gasteiger partial charge in [-0.1, -0.05) is 12.1 Å². The summed E-state index contributed by atoms with van der Waals surface area (Å²) in [5, 5.41) is 7.11. The maximum Gasteiger partial charge on any atom is 0.258 e. The second-order valence-electron chi connectivity index (χ2n) is 9.38. The first-order valence-electron chi connectivity index (χ1n) is 12.1. The molecule has 1 aliphatic rings. The lowest BCUT2D eigenvalue weighted by Crippen LogP contribution is -2.44. The highest BCUT2D eigenvalue weighted by atomic mass is 16.1. The van der Waals surface area contributed by atoms with Crippen LogP contribution in [0.25, 0.3) is 22.0 Å². The van der Waals surface area contributed by atoms with Crippen molar-refractivity contribution >= 4 is 34.3 Å². The van der Waals surface area contributed by atoms with Crippen LogP contribution in [0.1, 0.15) is 24.2 Å². The van der Waals surface area contributed by atoms with Crippen LogP contribution >= 0.6 is 0 Å². The maximum absolute atomic E-state index is 13.0. The zero-order valence-electron chi connectivity index (χ0n) is 20.8.